The smallest absolute Gasteiger partial charge is 0.154 e. The van der Waals surface area contributed by atoms with Crippen molar-refractivity contribution in [3.05, 3.63) is 24.1 Å². The number of hydrogen-bond donors (Lipinski definition) is 1. The van der Waals surface area contributed by atoms with Crippen LogP contribution in [0.25, 0.3) is 11.5 Å². The monoisotopic (exact) mass is 220 g/mol. The number of aromatic nitrogens is 3. The summed E-state index contributed by atoms with van der Waals surface area (Å²) in [7, 11) is 1.89. The summed E-state index contributed by atoms with van der Waals surface area (Å²) in [5.74, 6) is 1.74. The number of nitrogens with one attached hydrogen (secondary N) is 1. The molecule has 0 aromatic carbocycles. The molecule has 0 aliphatic carbocycles. The van der Waals surface area contributed by atoms with Crippen molar-refractivity contribution in [2.24, 2.45) is 0 Å². The summed E-state index contributed by atoms with van der Waals surface area (Å²) >= 11 is 0. The van der Waals surface area contributed by atoms with Crippen LogP contribution < -0.4 is 5.32 Å². The van der Waals surface area contributed by atoms with Crippen molar-refractivity contribution in [3.8, 4) is 11.5 Å². The number of rotatable bonds is 5. The molecule has 0 fully saturated rings. The maximum absolute atomic E-state index is 5.69. The van der Waals surface area contributed by atoms with Crippen molar-refractivity contribution >= 4 is 0 Å². The van der Waals surface area contributed by atoms with E-state index in [0.717, 1.165) is 36.7 Å². The van der Waals surface area contributed by atoms with Gasteiger partial charge in [-0.2, -0.15) is 0 Å². The summed E-state index contributed by atoms with van der Waals surface area (Å²) in [6.45, 7) is 3.70. The molecule has 2 aromatic rings. The highest BCUT2D eigenvalue weighted by Gasteiger charge is 2.10. The number of aryl methyl sites for hydroxylation is 1. The first-order chi connectivity index (χ1) is 7.85. The summed E-state index contributed by atoms with van der Waals surface area (Å²) in [5.41, 5.74) is 0.934. The molecule has 2 aromatic heterocycles. The van der Waals surface area contributed by atoms with Crippen molar-refractivity contribution in [3.63, 3.8) is 0 Å². The molecule has 16 heavy (non-hydrogen) atoms. The molecule has 0 unspecified atom stereocenters. The molecule has 0 spiro atoms. The molecule has 2 heterocycles. The van der Waals surface area contributed by atoms with E-state index in [9.17, 15) is 0 Å². The quantitative estimate of drug-likeness (QED) is 0.832. The third kappa shape index (κ3) is 2.14. The summed E-state index contributed by atoms with van der Waals surface area (Å²) < 4.78 is 7.56. The van der Waals surface area contributed by atoms with Gasteiger partial charge in [0.05, 0.1) is 12.7 Å². The summed E-state index contributed by atoms with van der Waals surface area (Å²) in [6.07, 6.45) is 2.76. The van der Waals surface area contributed by atoms with Crippen LogP contribution in [0.3, 0.4) is 0 Å². The van der Waals surface area contributed by atoms with Gasteiger partial charge in [0.25, 0.3) is 0 Å². The summed E-state index contributed by atoms with van der Waals surface area (Å²) in [4.78, 5) is 0. The lowest BCUT2D eigenvalue weighted by Gasteiger charge is -2.01. The highest BCUT2D eigenvalue weighted by molar-refractivity contribution is 5.51. The molecule has 0 bridgehead atoms. The van der Waals surface area contributed by atoms with E-state index in [4.69, 9.17) is 4.42 Å². The largest absolute Gasteiger partial charge is 0.458 e. The third-order valence-corrected chi connectivity index (χ3v) is 2.32. The van der Waals surface area contributed by atoms with Gasteiger partial charge in [0.1, 0.15) is 11.5 Å². The van der Waals surface area contributed by atoms with Gasteiger partial charge in [-0.3, -0.25) is 0 Å². The molecule has 86 valence electrons. The molecule has 5 nitrogen and oxygen atoms in total. The van der Waals surface area contributed by atoms with Crippen LogP contribution in [0.15, 0.2) is 22.7 Å². The van der Waals surface area contributed by atoms with Gasteiger partial charge in [0.2, 0.25) is 0 Å². The molecular formula is C11H16N4O. The Hall–Kier alpha value is -1.62. The Morgan fingerprint density at radius 3 is 3.06 bits per heavy atom. The van der Waals surface area contributed by atoms with E-state index in [-0.39, 0.29) is 0 Å². The van der Waals surface area contributed by atoms with Crippen LogP contribution in [0.2, 0.25) is 0 Å². The van der Waals surface area contributed by atoms with Gasteiger partial charge in [-0.25, -0.2) is 4.68 Å². The minimum Gasteiger partial charge on any atom is -0.458 e. The van der Waals surface area contributed by atoms with Gasteiger partial charge in [-0.05, 0) is 25.6 Å². The molecule has 0 saturated carbocycles. The van der Waals surface area contributed by atoms with Crippen LogP contribution >= 0.6 is 0 Å². The fourth-order valence-electron chi connectivity index (χ4n) is 1.61. The first-order valence-corrected chi connectivity index (χ1v) is 5.47. The number of furan rings is 1. The number of hydrogen-bond acceptors (Lipinski definition) is 4. The van der Waals surface area contributed by atoms with E-state index in [0.29, 0.717) is 0 Å². The highest BCUT2D eigenvalue weighted by Crippen LogP contribution is 2.21. The Morgan fingerprint density at radius 2 is 2.31 bits per heavy atom. The van der Waals surface area contributed by atoms with Gasteiger partial charge >= 0.3 is 0 Å². The standard InChI is InChI=1S/C11H16N4O/c1-3-6-15-10(8-13-14-15)11-5-4-9(16-11)7-12-2/h4-5,8,12H,3,6-7H2,1-2H3. The molecule has 0 radical (unpaired) electrons. The molecular weight excluding hydrogens is 204 g/mol. The Balaban J connectivity index is 2.24. The van der Waals surface area contributed by atoms with Crippen molar-refractivity contribution in [1.82, 2.24) is 20.3 Å². The second kappa shape index (κ2) is 4.94. The molecule has 5 heteroatoms. The van der Waals surface area contributed by atoms with Gasteiger partial charge in [0, 0.05) is 6.54 Å². The summed E-state index contributed by atoms with van der Waals surface area (Å²) in [6, 6.07) is 3.92. The average Bonchev–Trinajstić information content (AvgIpc) is 2.87. The van der Waals surface area contributed by atoms with Crippen LogP contribution in [-0.4, -0.2) is 22.0 Å². The Bertz CT molecular complexity index is 446. The van der Waals surface area contributed by atoms with Crippen molar-refractivity contribution in [2.45, 2.75) is 26.4 Å². The zero-order chi connectivity index (χ0) is 11.4. The lowest BCUT2D eigenvalue weighted by atomic mass is 10.3. The molecule has 0 aliphatic heterocycles. The molecule has 2 rings (SSSR count). The van der Waals surface area contributed by atoms with E-state index in [1.807, 2.05) is 23.9 Å². The van der Waals surface area contributed by atoms with E-state index >= 15 is 0 Å². The van der Waals surface area contributed by atoms with E-state index in [2.05, 4.69) is 22.6 Å². The number of nitrogens with zero attached hydrogens (tertiary/aromatic N) is 3. The van der Waals surface area contributed by atoms with E-state index < -0.39 is 0 Å². The SMILES string of the molecule is CCCn1nncc1-c1ccc(CNC)o1. The molecule has 0 atom stereocenters. The van der Waals surface area contributed by atoms with Crippen LogP contribution in [0.4, 0.5) is 0 Å². The first kappa shape index (κ1) is 10.9. The van der Waals surface area contributed by atoms with Crippen molar-refractivity contribution < 1.29 is 4.42 Å². The molecule has 1 N–H and O–H groups in total. The van der Waals surface area contributed by atoms with Crippen LogP contribution in [0.1, 0.15) is 19.1 Å². The van der Waals surface area contributed by atoms with Crippen LogP contribution in [0.5, 0.6) is 0 Å². The van der Waals surface area contributed by atoms with Crippen LogP contribution in [0, 0.1) is 0 Å². The molecule has 0 amide bonds. The van der Waals surface area contributed by atoms with Crippen LogP contribution in [-0.2, 0) is 13.1 Å². The lowest BCUT2D eigenvalue weighted by Crippen LogP contribution is -2.03. The van der Waals surface area contributed by atoms with E-state index in [1.165, 1.54) is 0 Å². The van der Waals surface area contributed by atoms with Gasteiger partial charge in [-0.1, -0.05) is 12.1 Å². The van der Waals surface area contributed by atoms with Gasteiger partial charge < -0.3 is 9.73 Å². The fraction of sp³-hybridized carbons (Fsp3) is 0.455. The zero-order valence-corrected chi connectivity index (χ0v) is 9.60. The minimum atomic E-state index is 0.731. The lowest BCUT2D eigenvalue weighted by molar-refractivity contribution is 0.496. The summed E-state index contributed by atoms with van der Waals surface area (Å²) in [5, 5.41) is 11.0. The Labute approximate surface area is 94.5 Å². The normalized spacial score (nSPS) is 10.9. The Kier molecular flexibility index (Phi) is 3.36. The predicted octanol–water partition coefficient (Wildman–Crippen LogP) is 1.67. The zero-order valence-electron chi connectivity index (χ0n) is 9.60. The maximum atomic E-state index is 5.69. The minimum absolute atomic E-state index is 0.731. The van der Waals surface area contributed by atoms with Gasteiger partial charge in [-0.15, -0.1) is 5.10 Å². The Morgan fingerprint density at radius 1 is 1.44 bits per heavy atom. The second-order valence-electron chi connectivity index (χ2n) is 3.64. The maximum Gasteiger partial charge on any atom is 0.154 e. The second-order valence-corrected chi connectivity index (χ2v) is 3.64. The van der Waals surface area contributed by atoms with Crippen molar-refractivity contribution in [1.29, 1.82) is 0 Å². The predicted molar refractivity (Wildman–Crippen MR) is 60.8 cm³/mol. The van der Waals surface area contributed by atoms with Gasteiger partial charge in [0.15, 0.2) is 5.76 Å². The van der Waals surface area contributed by atoms with Crippen molar-refractivity contribution in [2.75, 3.05) is 7.05 Å². The third-order valence-electron chi connectivity index (χ3n) is 2.32. The topological polar surface area (TPSA) is 55.9 Å². The molecule has 0 saturated heterocycles. The molecule has 0 aliphatic rings. The average molecular weight is 220 g/mol. The van der Waals surface area contributed by atoms with E-state index in [1.54, 1.807) is 6.20 Å². The highest BCUT2D eigenvalue weighted by atomic mass is 16.3. The first-order valence-electron chi connectivity index (χ1n) is 5.47. The fourth-order valence-corrected chi connectivity index (χ4v) is 1.61.